The zero-order chi connectivity index (χ0) is 12.4. The van der Waals surface area contributed by atoms with E-state index >= 15 is 0 Å². The standard InChI is InChI=1S/C11H10N4S3/c1-15-7-12-14-11(15)18-6-8-5-17-10(13-8)9-3-2-4-16-9/h2-5,7H,6H2,1H3. The molecular weight excluding hydrogens is 284 g/mol. The molecule has 3 aromatic heterocycles. The van der Waals surface area contributed by atoms with Gasteiger partial charge in [0, 0.05) is 18.2 Å². The van der Waals surface area contributed by atoms with Crippen molar-refractivity contribution >= 4 is 34.4 Å². The van der Waals surface area contributed by atoms with Crippen LogP contribution in [-0.2, 0) is 12.8 Å². The Morgan fingerprint density at radius 1 is 1.39 bits per heavy atom. The minimum absolute atomic E-state index is 0.828. The van der Waals surface area contributed by atoms with Gasteiger partial charge in [-0.2, -0.15) is 0 Å². The Kier molecular flexibility index (Phi) is 3.44. The number of nitrogens with zero attached hydrogens (tertiary/aromatic N) is 4. The maximum atomic E-state index is 4.63. The van der Waals surface area contributed by atoms with Gasteiger partial charge >= 0.3 is 0 Å². The van der Waals surface area contributed by atoms with Crippen LogP contribution in [-0.4, -0.2) is 19.7 Å². The van der Waals surface area contributed by atoms with Gasteiger partial charge in [0.2, 0.25) is 0 Å². The van der Waals surface area contributed by atoms with Crippen molar-refractivity contribution in [3.8, 4) is 9.88 Å². The highest BCUT2D eigenvalue weighted by molar-refractivity contribution is 7.98. The van der Waals surface area contributed by atoms with Crippen molar-refractivity contribution in [3.05, 3.63) is 34.9 Å². The molecule has 0 bridgehead atoms. The lowest BCUT2D eigenvalue weighted by Crippen LogP contribution is -1.89. The molecule has 0 saturated heterocycles. The SMILES string of the molecule is Cn1cnnc1SCc1csc(-c2cccs2)n1. The topological polar surface area (TPSA) is 43.6 Å². The highest BCUT2D eigenvalue weighted by Gasteiger charge is 2.07. The third-order valence-electron chi connectivity index (χ3n) is 2.30. The first-order valence-corrected chi connectivity index (χ1v) is 8.02. The molecule has 0 unspecified atom stereocenters. The largest absolute Gasteiger partial charge is 0.312 e. The normalized spacial score (nSPS) is 10.9. The summed E-state index contributed by atoms with van der Waals surface area (Å²) in [5, 5.41) is 14.1. The molecule has 0 fully saturated rings. The Morgan fingerprint density at radius 2 is 2.33 bits per heavy atom. The molecule has 3 aromatic rings. The van der Waals surface area contributed by atoms with Crippen molar-refractivity contribution in [2.75, 3.05) is 0 Å². The van der Waals surface area contributed by atoms with Crippen molar-refractivity contribution < 1.29 is 0 Å². The minimum atomic E-state index is 0.828. The van der Waals surface area contributed by atoms with Crippen LogP contribution < -0.4 is 0 Å². The summed E-state index contributed by atoms with van der Waals surface area (Å²) >= 11 is 5.07. The van der Waals surface area contributed by atoms with Gasteiger partial charge in [0.05, 0.1) is 10.6 Å². The second kappa shape index (κ2) is 5.21. The lowest BCUT2D eigenvalue weighted by molar-refractivity contribution is 0.788. The van der Waals surface area contributed by atoms with Gasteiger partial charge in [0.25, 0.3) is 0 Å². The van der Waals surface area contributed by atoms with E-state index in [2.05, 4.69) is 38.1 Å². The van der Waals surface area contributed by atoms with Crippen LogP contribution >= 0.6 is 34.4 Å². The Morgan fingerprint density at radius 3 is 3.06 bits per heavy atom. The summed E-state index contributed by atoms with van der Waals surface area (Å²) in [6.07, 6.45) is 1.71. The maximum absolute atomic E-state index is 4.63. The molecule has 0 saturated carbocycles. The Labute approximate surface area is 117 Å². The first-order chi connectivity index (χ1) is 8.83. The van der Waals surface area contributed by atoms with Crippen molar-refractivity contribution in [3.63, 3.8) is 0 Å². The number of hydrogen-bond acceptors (Lipinski definition) is 6. The maximum Gasteiger partial charge on any atom is 0.191 e. The van der Waals surface area contributed by atoms with Crippen LogP contribution in [0.25, 0.3) is 9.88 Å². The summed E-state index contributed by atoms with van der Waals surface area (Å²) in [7, 11) is 1.94. The molecule has 3 rings (SSSR count). The van der Waals surface area contributed by atoms with Crippen LogP contribution in [0.5, 0.6) is 0 Å². The molecule has 0 radical (unpaired) electrons. The molecule has 0 aliphatic rings. The molecule has 0 atom stereocenters. The minimum Gasteiger partial charge on any atom is -0.312 e. The summed E-state index contributed by atoms with van der Waals surface area (Å²) in [6.45, 7) is 0. The van der Waals surface area contributed by atoms with Gasteiger partial charge < -0.3 is 4.57 Å². The Bertz CT molecular complexity index is 626. The van der Waals surface area contributed by atoms with Crippen molar-refractivity contribution in [1.82, 2.24) is 19.7 Å². The van der Waals surface area contributed by atoms with E-state index in [1.165, 1.54) is 4.88 Å². The van der Waals surface area contributed by atoms with Gasteiger partial charge in [-0.15, -0.1) is 32.9 Å². The highest BCUT2D eigenvalue weighted by Crippen LogP contribution is 2.29. The number of hydrogen-bond donors (Lipinski definition) is 0. The number of aryl methyl sites for hydroxylation is 1. The van der Waals surface area contributed by atoms with Gasteiger partial charge in [-0.05, 0) is 11.4 Å². The zero-order valence-electron chi connectivity index (χ0n) is 9.61. The monoisotopic (exact) mass is 294 g/mol. The molecule has 0 aliphatic carbocycles. The van der Waals surface area contributed by atoms with Crippen molar-refractivity contribution in [2.45, 2.75) is 10.9 Å². The second-order valence-corrected chi connectivity index (χ2v) is 6.38. The molecule has 0 aliphatic heterocycles. The van der Waals surface area contributed by atoms with Crippen molar-refractivity contribution in [1.29, 1.82) is 0 Å². The van der Waals surface area contributed by atoms with Crippen LogP contribution in [0.15, 0.2) is 34.4 Å². The summed E-state index contributed by atoms with van der Waals surface area (Å²) < 4.78 is 1.91. The molecule has 0 spiro atoms. The van der Waals surface area contributed by atoms with E-state index in [9.17, 15) is 0 Å². The van der Waals surface area contributed by atoms with E-state index in [0.717, 1.165) is 21.6 Å². The average molecular weight is 294 g/mol. The first-order valence-electron chi connectivity index (χ1n) is 5.28. The van der Waals surface area contributed by atoms with Crippen LogP contribution in [0.3, 0.4) is 0 Å². The third-order valence-corrected chi connectivity index (χ3v) is 5.30. The van der Waals surface area contributed by atoms with Crippen LogP contribution in [0.4, 0.5) is 0 Å². The second-order valence-electron chi connectivity index (χ2n) is 3.63. The number of thiophene rings is 1. The first kappa shape index (κ1) is 11.9. The molecule has 0 amide bonds. The molecule has 18 heavy (non-hydrogen) atoms. The van der Waals surface area contributed by atoms with Crippen LogP contribution in [0.1, 0.15) is 5.69 Å². The van der Waals surface area contributed by atoms with Gasteiger partial charge in [0.1, 0.15) is 11.3 Å². The third kappa shape index (κ3) is 2.47. The number of aromatic nitrogens is 4. The van der Waals surface area contributed by atoms with E-state index in [1.54, 1.807) is 40.8 Å². The molecule has 92 valence electrons. The molecule has 7 heteroatoms. The van der Waals surface area contributed by atoms with Crippen LogP contribution in [0.2, 0.25) is 0 Å². The molecule has 0 N–H and O–H groups in total. The molecule has 4 nitrogen and oxygen atoms in total. The van der Waals surface area contributed by atoms with Gasteiger partial charge in [-0.25, -0.2) is 4.98 Å². The average Bonchev–Trinajstić information content (AvgIpc) is 3.08. The number of thioether (sulfide) groups is 1. The molecular formula is C11H10N4S3. The predicted molar refractivity (Wildman–Crippen MR) is 76.0 cm³/mol. The van der Waals surface area contributed by atoms with Crippen LogP contribution in [0, 0.1) is 0 Å². The fraction of sp³-hybridized carbons (Fsp3) is 0.182. The van der Waals surface area contributed by atoms with E-state index in [1.807, 2.05) is 11.6 Å². The predicted octanol–water partition coefficient (Wildman–Crippen LogP) is 3.29. The van der Waals surface area contributed by atoms with E-state index in [-0.39, 0.29) is 0 Å². The Hall–Kier alpha value is -1.18. The van der Waals surface area contributed by atoms with E-state index in [0.29, 0.717) is 0 Å². The number of rotatable bonds is 4. The molecule has 0 aromatic carbocycles. The lowest BCUT2D eigenvalue weighted by Gasteiger charge is -1.97. The van der Waals surface area contributed by atoms with Crippen molar-refractivity contribution in [2.24, 2.45) is 7.05 Å². The van der Waals surface area contributed by atoms with Gasteiger partial charge in [-0.1, -0.05) is 17.8 Å². The summed E-state index contributed by atoms with van der Waals surface area (Å²) in [6, 6.07) is 4.15. The van der Waals surface area contributed by atoms with E-state index in [4.69, 9.17) is 0 Å². The zero-order valence-corrected chi connectivity index (χ0v) is 12.1. The lowest BCUT2D eigenvalue weighted by atomic mass is 10.5. The van der Waals surface area contributed by atoms with Gasteiger partial charge in [-0.3, -0.25) is 0 Å². The summed E-state index contributed by atoms with van der Waals surface area (Å²) in [5.74, 6) is 0.828. The van der Waals surface area contributed by atoms with E-state index < -0.39 is 0 Å². The number of thiazole rings is 1. The highest BCUT2D eigenvalue weighted by atomic mass is 32.2. The summed E-state index contributed by atoms with van der Waals surface area (Å²) in [5.41, 5.74) is 1.09. The fourth-order valence-electron chi connectivity index (χ4n) is 1.43. The smallest absolute Gasteiger partial charge is 0.191 e. The fourth-order valence-corrected chi connectivity index (χ4v) is 3.95. The van der Waals surface area contributed by atoms with Gasteiger partial charge in [0.15, 0.2) is 5.16 Å². The quantitative estimate of drug-likeness (QED) is 0.693. The summed E-state index contributed by atoms with van der Waals surface area (Å²) in [4.78, 5) is 5.86. The molecule has 3 heterocycles. The Balaban J connectivity index is 1.69.